The maximum absolute atomic E-state index is 13.0. The molecule has 0 fully saturated rings. The van der Waals surface area contributed by atoms with Crippen LogP contribution >= 0.6 is 11.6 Å². The second-order valence-corrected chi connectivity index (χ2v) is 8.25. The molecule has 2 aromatic heterocycles. The van der Waals surface area contributed by atoms with Gasteiger partial charge in [0.15, 0.2) is 6.61 Å². The van der Waals surface area contributed by atoms with Crippen molar-refractivity contribution in [1.82, 2.24) is 9.97 Å². The Morgan fingerprint density at radius 3 is 2.79 bits per heavy atom. The van der Waals surface area contributed by atoms with Gasteiger partial charge in [-0.3, -0.25) is 9.78 Å². The van der Waals surface area contributed by atoms with Gasteiger partial charge in [-0.2, -0.15) is 5.26 Å². The summed E-state index contributed by atoms with van der Waals surface area (Å²) in [6.45, 7) is 1.75. The second kappa shape index (κ2) is 8.89. The Labute approximate surface area is 200 Å². The maximum Gasteiger partial charge on any atom is 0.202 e. The molecule has 0 amide bonds. The summed E-state index contributed by atoms with van der Waals surface area (Å²) in [5.41, 5.74) is 2.62. The number of aromatic nitrogens is 2. The zero-order chi connectivity index (χ0) is 23.7. The fourth-order valence-corrected chi connectivity index (χ4v) is 4.11. The van der Waals surface area contributed by atoms with Gasteiger partial charge in [0.05, 0.1) is 17.8 Å². The topological polar surface area (TPSA) is 88.0 Å². The molecular weight excluding hydrogens is 450 g/mol. The van der Waals surface area contributed by atoms with Gasteiger partial charge in [0.25, 0.3) is 0 Å². The lowest BCUT2D eigenvalue weighted by Gasteiger charge is -2.11. The number of H-pyrrole nitrogens is 1. The highest BCUT2D eigenvalue weighted by Crippen LogP contribution is 2.31. The number of carbonyl (C=O) groups is 1. The number of hydrogen-bond donors (Lipinski definition) is 1. The Bertz CT molecular complexity index is 1590. The van der Waals surface area contributed by atoms with Crippen LogP contribution in [-0.4, -0.2) is 22.4 Å². The SMILES string of the molecule is Cc1cc2cc(Cl)cc(C#N)c2cc1OCC(=O)c1c[nH]c2cc(Oc3cccnc3)ccc12. The molecule has 3 aromatic carbocycles. The van der Waals surface area contributed by atoms with Crippen molar-refractivity contribution < 1.29 is 14.3 Å². The second-order valence-electron chi connectivity index (χ2n) is 7.82. The average molecular weight is 468 g/mol. The Balaban J connectivity index is 1.36. The monoisotopic (exact) mass is 467 g/mol. The lowest BCUT2D eigenvalue weighted by molar-refractivity contribution is 0.0923. The molecule has 34 heavy (non-hydrogen) atoms. The van der Waals surface area contributed by atoms with E-state index in [0.29, 0.717) is 33.4 Å². The first-order valence-electron chi connectivity index (χ1n) is 10.5. The number of fused-ring (bicyclic) bond motifs is 2. The number of nitrogens with one attached hydrogen (secondary N) is 1. The van der Waals surface area contributed by atoms with Crippen molar-refractivity contribution in [2.24, 2.45) is 0 Å². The van der Waals surface area contributed by atoms with Crippen LogP contribution in [0.1, 0.15) is 21.5 Å². The predicted molar refractivity (Wildman–Crippen MR) is 131 cm³/mol. The molecule has 5 aromatic rings. The Morgan fingerprint density at radius 2 is 2.00 bits per heavy atom. The minimum Gasteiger partial charge on any atom is -0.485 e. The third-order valence-electron chi connectivity index (χ3n) is 5.52. The van der Waals surface area contributed by atoms with E-state index in [0.717, 1.165) is 27.2 Å². The molecule has 0 radical (unpaired) electrons. The molecule has 0 aliphatic carbocycles. The molecule has 1 N–H and O–H groups in total. The van der Waals surface area contributed by atoms with E-state index in [2.05, 4.69) is 16.0 Å². The van der Waals surface area contributed by atoms with Crippen LogP contribution in [0.3, 0.4) is 0 Å². The first-order chi connectivity index (χ1) is 16.5. The van der Waals surface area contributed by atoms with Crippen molar-refractivity contribution in [3.63, 3.8) is 0 Å². The van der Waals surface area contributed by atoms with E-state index in [1.54, 1.807) is 42.9 Å². The van der Waals surface area contributed by atoms with E-state index < -0.39 is 0 Å². The highest BCUT2D eigenvalue weighted by Gasteiger charge is 2.15. The molecule has 0 spiro atoms. The first-order valence-corrected chi connectivity index (χ1v) is 10.9. The van der Waals surface area contributed by atoms with Gasteiger partial charge in [-0.15, -0.1) is 0 Å². The number of halogens is 1. The fourth-order valence-electron chi connectivity index (χ4n) is 3.88. The number of carbonyl (C=O) groups excluding carboxylic acids is 1. The molecule has 166 valence electrons. The van der Waals surface area contributed by atoms with E-state index >= 15 is 0 Å². The van der Waals surface area contributed by atoms with Crippen molar-refractivity contribution in [1.29, 1.82) is 5.26 Å². The highest BCUT2D eigenvalue weighted by molar-refractivity contribution is 6.31. The lowest BCUT2D eigenvalue weighted by Crippen LogP contribution is -2.11. The molecular formula is C27H18ClN3O3. The number of nitriles is 1. The Morgan fingerprint density at radius 1 is 1.12 bits per heavy atom. The molecule has 0 atom stereocenters. The van der Waals surface area contributed by atoms with E-state index in [4.69, 9.17) is 21.1 Å². The van der Waals surface area contributed by atoms with Crippen LogP contribution in [0.25, 0.3) is 21.7 Å². The summed E-state index contributed by atoms with van der Waals surface area (Å²) in [6, 6.07) is 18.4. The van der Waals surface area contributed by atoms with Crippen LogP contribution in [0.2, 0.25) is 5.02 Å². The van der Waals surface area contributed by atoms with Crippen molar-refractivity contribution in [2.45, 2.75) is 6.92 Å². The largest absolute Gasteiger partial charge is 0.485 e. The summed E-state index contributed by atoms with van der Waals surface area (Å²) in [5.74, 6) is 1.65. The zero-order valence-corrected chi connectivity index (χ0v) is 18.9. The van der Waals surface area contributed by atoms with E-state index in [1.807, 2.05) is 37.3 Å². The number of Topliss-reactive ketones (excluding diaryl/α,β-unsaturated/α-hetero) is 1. The highest BCUT2D eigenvalue weighted by atomic mass is 35.5. The number of nitrogens with zero attached hydrogens (tertiary/aromatic N) is 2. The Hall–Kier alpha value is -4.34. The maximum atomic E-state index is 13.0. The van der Waals surface area contributed by atoms with Crippen molar-refractivity contribution in [2.75, 3.05) is 6.61 Å². The number of aryl methyl sites for hydroxylation is 1. The minimum absolute atomic E-state index is 0.136. The molecule has 6 nitrogen and oxygen atoms in total. The van der Waals surface area contributed by atoms with Crippen LogP contribution < -0.4 is 9.47 Å². The number of aromatic amines is 1. The molecule has 0 aliphatic rings. The van der Waals surface area contributed by atoms with Crippen LogP contribution in [0.4, 0.5) is 0 Å². The van der Waals surface area contributed by atoms with Crippen LogP contribution in [0.5, 0.6) is 17.2 Å². The number of pyridine rings is 1. The summed E-state index contributed by atoms with van der Waals surface area (Å²) in [7, 11) is 0. The zero-order valence-electron chi connectivity index (χ0n) is 18.1. The number of hydrogen-bond acceptors (Lipinski definition) is 5. The normalized spacial score (nSPS) is 10.9. The van der Waals surface area contributed by atoms with Gasteiger partial charge in [0.2, 0.25) is 5.78 Å². The molecule has 0 aliphatic heterocycles. The van der Waals surface area contributed by atoms with Gasteiger partial charge in [-0.1, -0.05) is 11.6 Å². The van der Waals surface area contributed by atoms with Gasteiger partial charge in [-0.05, 0) is 66.4 Å². The quantitative estimate of drug-likeness (QED) is 0.284. The Kier molecular flexibility index (Phi) is 5.62. The predicted octanol–water partition coefficient (Wildman–Crippen LogP) is 6.60. The summed E-state index contributed by atoms with van der Waals surface area (Å²) in [6.07, 6.45) is 4.99. The summed E-state index contributed by atoms with van der Waals surface area (Å²) >= 11 is 6.11. The third-order valence-corrected chi connectivity index (χ3v) is 5.73. The van der Waals surface area contributed by atoms with Gasteiger partial charge >= 0.3 is 0 Å². The van der Waals surface area contributed by atoms with Gasteiger partial charge in [-0.25, -0.2) is 0 Å². The van der Waals surface area contributed by atoms with Crippen LogP contribution in [0, 0.1) is 18.3 Å². The number of rotatable bonds is 6. The molecule has 7 heteroatoms. The summed E-state index contributed by atoms with van der Waals surface area (Å²) in [5, 5.41) is 12.3. The molecule has 2 heterocycles. The van der Waals surface area contributed by atoms with Gasteiger partial charge in [0, 0.05) is 45.3 Å². The smallest absolute Gasteiger partial charge is 0.202 e. The van der Waals surface area contributed by atoms with Crippen LogP contribution in [0.15, 0.2) is 73.2 Å². The molecule has 5 rings (SSSR count). The molecule has 0 saturated carbocycles. The van der Waals surface area contributed by atoms with Crippen molar-refractivity contribution >= 4 is 39.1 Å². The van der Waals surface area contributed by atoms with Crippen molar-refractivity contribution in [3.8, 4) is 23.3 Å². The van der Waals surface area contributed by atoms with Gasteiger partial charge in [0.1, 0.15) is 17.2 Å². The number of benzene rings is 3. The minimum atomic E-state index is -0.164. The van der Waals surface area contributed by atoms with Gasteiger partial charge < -0.3 is 14.5 Å². The van der Waals surface area contributed by atoms with Crippen molar-refractivity contribution in [3.05, 3.63) is 94.9 Å². The molecule has 0 bridgehead atoms. The fraction of sp³-hybridized carbons (Fsp3) is 0.0741. The number of ketones is 1. The number of ether oxygens (including phenoxy) is 2. The molecule has 0 unspecified atom stereocenters. The summed E-state index contributed by atoms with van der Waals surface area (Å²) < 4.78 is 11.7. The van der Waals surface area contributed by atoms with E-state index in [-0.39, 0.29) is 12.4 Å². The lowest BCUT2D eigenvalue weighted by atomic mass is 10.0. The summed E-state index contributed by atoms with van der Waals surface area (Å²) in [4.78, 5) is 20.1. The average Bonchev–Trinajstić information content (AvgIpc) is 3.26. The molecule has 0 saturated heterocycles. The third kappa shape index (κ3) is 4.17. The first kappa shape index (κ1) is 21.5. The standard InChI is InChI=1S/C27H18ClN3O3/c1-16-7-17-8-19(28)9-18(12-29)23(17)11-27(16)33-15-26(32)24-14-31-25-10-20(4-5-22(24)25)34-21-3-2-6-30-13-21/h2-11,13-14,31H,15H2,1H3. The van der Waals surface area contributed by atoms with E-state index in [1.165, 1.54) is 0 Å². The van der Waals surface area contributed by atoms with E-state index in [9.17, 15) is 10.1 Å². The van der Waals surface area contributed by atoms with Crippen LogP contribution in [-0.2, 0) is 0 Å².